The molecule has 0 spiro atoms. The summed E-state index contributed by atoms with van der Waals surface area (Å²) in [6, 6.07) is 14.8. The van der Waals surface area contributed by atoms with E-state index in [0.29, 0.717) is 22.4 Å². The molecule has 3 rings (SSSR count). The van der Waals surface area contributed by atoms with Crippen molar-refractivity contribution in [3.63, 3.8) is 0 Å². The van der Waals surface area contributed by atoms with E-state index < -0.39 is 0 Å². The fourth-order valence-electron chi connectivity index (χ4n) is 2.42. The first kappa shape index (κ1) is 17.2. The minimum absolute atomic E-state index is 0.0725. The van der Waals surface area contributed by atoms with Crippen LogP contribution in [0.4, 0.5) is 0 Å². The van der Waals surface area contributed by atoms with Gasteiger partial charge in [0.05, 0.1) is 29.7 Å². The molecule has 128 valence electrons. The van der Waals surface area contributed by atoms with Crippen LogP contribution in [-0.4, -0.2) is 40.3 Å². The molecule has 0 bridgehead atoms. The van der Waals surface area contributed by atoms with E-state index in [4.69, 9.17) is 0 Å². The number of benzene rings is 2. The number of likely N-dealkylation sites (N-methyl/N-ethyl adjacent to an activating group) is 1. The minimum Gasteiger partial charge on any atom is -0.343 e. The number of imidazole rings is 1. The molecule has 6 nitrogen and oxygen atoms in total. The van der Waals surface area contributed by atoms with Crippen LogP contribution >= 0.6 is 15.9 Å². The molecule has 0 aliphatic rings. The van der Waals surface area contributed by atoms with Crippen molar-refractivity contribution >= 4 is 38.8 Å². The lowest BCUT2D eigenvalue weighted by Crippen LogP contribution is -2.38. The highest BCUT2D eigenvalue weighted by Gasteiger charge is 2.14. The zero-order valence-electron chi connectivity index (χ0n) is 13.6. The molecule has 1 aromatic heterocycles. The molecule has 7 heteroatoms. The summed E-state index contributed by atoms with van der Waals surface area (Å²) in [5.74, 6) is 0.216. The van der Waals surface area contributed by atoms with Crippen LogP contribution in [0.25, 0.3) is 11.0 Å². The summed E-state index contributed by atoms with van der Waals surface area (Å²) < 4.78 is 0.690. The van der Waals surface area contributed by atoms with Gasteiger partial charge in [0.2, 0.25) is 5.91 Å². The van der Waals surface area contributed by atoms with E-state index in [0.717, 1.165) is 11.0 Å². The van der Waals surface area contributed by atoms with Gasteiger partial charge in [0.15, 0.2) is 0 Å². The number of H-pyrrole nitrogens is 1. The van der Waals surface area contributed by atoms with Crippen LogP contribution in [0.1, 0.15) is 16.2 Å². The Morgan fingerprint density at radius 2 is 1.88 bits per heavy atom. The third-order valence-corrected chi connectivity index (χ3v) is 4.46. The van der Waals surface area contributed by atoms with E-state index in [9.17, 15) is 9.59 Å². The van der Waals surface area contributed by atoms with Gasteiger partial charge in [-0.3, -0.25) is 9.59 Å². The van der Waals surface area contributed by atoms with Gasteiger partial charge in [0.25, 0.3) is 5.91 Å². The SMILES string of the molecule is CN(Cc1nc2ccccc2[nH]1)C(=O)CNC(=O)c1ccccc1Br. The third-order valence-electron chi connectivity index (χ3n) is 3.77. The zero-order chi connectivity index (χ0) is 17.8. The molecular formula is C18H17BrN4O2. The summed E-state index contributed by atoms with van der Waals surface area (Å²) in [6.07, 6.45) is 0. The second-order valence-electron chi connectivity index (χ2n) is 5.61. The number of aromatic amines is 1. The number of rotatable bonds is 5. The van der Waals surface area contributed by atoms with Crippen LogP contribution < -0.4 is 5.32 Å². The van der Waals surface area contributed by atoms with Gasteiger partial charge in [-0.2, -0.15) is 0 Å². The number of nitrogens with zero attached hydrogens (tertiary/aromatic N) is 2. The minimum atomic E-state index is -0.294. The highest BCUT2D eigenvalue weighted by Crippen LogP contribution is 2.15. The Morgan fingerprint density at radius 3 is 2.64 bits per heavy atom. The summed E-state index contributed by atoms with van der Waals surface area (Å²) in [5, 5.41) is 2.64. The van der Waals surface area contributed by atoms with Crippen molar-refractivity contribution in [3.8, 4) is 0 Å². The summed E-state index contributed by atoms with van der Waals surface area (Å²) >= 11 is 3.33. The van der Waals surface area contributed by atoms with Crippen molar-refractivity contribution in [1.82, 2.24) is 20.2 Å². The standard InChI is InChI=1S/C18H17BrN4O2/c1-23(11-16-21-14-8-4-5-9-15(14)22-16)17(24)10-20-18(25)12-6-2-3-7-13(12)19/h2-9H,10-11H2,1H3,(H,20,25)(H,21,22). The van der Waals surface area contributed by atoms with Crippen molar-refractivity contribution in [2.75, 3.05) is 13.6 Å². The van der Waals surface area contributed by atoms with Gasteiger partial charge < -0.3 is 15.2 Å². The fraction of sp³-hybridized carbons (Fsp3) is 0.167. The lowest BCUT2D eigenvalue weighted by molar-refractivity contribution is -0.129. The van der Waals surface area contributed by atoms with Crippen molar-refractivity contribution in [2.24, 2.45) is 0 Å². The maximum atomic E-state index is 12.2. The number of nitrogens with one attached hydrogen (secondary N) is 2. The Bertz CT molecular complexity index is 889. The van der Waals surface area contributed by atoms with Gasteiger partial charge in [-0.15, -0.1) is 0 Å². The molecule has 2 N–H and O–H groups in total. The molecule has 0 saturated carbocycles. The molecule has 3 aromatic rings. The molecule has 2 amide bonds. The van der Waals surface area contributed by atoms with E-state index in [1.54, 1.807) is 25.2 Å². The van der Waals surface area contributed by atoms with Crippen molar-refractivity contribution in [3.05, 3.63) is 64.4 Å². The maximum Gasteiger partial charge on any atom is 0.252 e. The van der Waals surface area contributed by atoms with Gasteiger partial charge in [-0.25, -0.2) is 4.98 Å². The predicted molar refractivity (Wildman–Crippen MR) is 99.0 cm³/mol. The number of para-hydroxylation sites is 2. The van der Waals surface area contributed by atoms with E-state index >= 15 is 0 Å². The Balaban J connectivity index is 1.57. The predicted octanol–water partition coefficient (Wildman–Crippen LogP) is 2.71. The average molecular weight is 401 g/mol. The summed E-state index contributed by atoms with van der Waals surface area (Å²) in [4.78, 5) is 33.5. The number of hydrogen-bond donors (Lipinski definition) is 2. The van der Waals surface area contributed by atoms with Gasteiger partial charge in [-0.05, 0) is 40.2 Å². The Kier molecular flexibility index (Phi) is 5.14. The first-order valence-electron chi connectivity index (χ1n) is 7.75. The number of halogens is 1. The monoisotopic (exact) mass is 400 g/mol. The fourth-order valence-corrected chi connectivity index (χ4v) is 2.89. The summed E-state index contributed by atoms with van der Waals surface area (Å²) in [7, 11) is 1.68. The van der Waals surface area contributed by atoms with Crippen molar-refractivity contribution < 1.29 is 9.59 Å². The number of aromatic nitrogens is 2. The van der Waals surface area contributed by atoms with Gasteiger partial charge in [-0.1, -0.05) is 24.3 Å². The average Bonchev–Trinajstić information content (AvgIpc) is 3.01. The first-order chi connectivity index (χ1) is 12.0. The lowest BCUT2D eigenvalue weighted by atomic mass is 10.2. The number of carbonyl (C=O) groups is 2. The first-order valence-corrected chi connectivity index (χ1v) is 8.54. The molecule has 0 unspecified atom stereocenters. The van der Waals surface area contributed by atoms with Crippen LogP contribution in [-0.2, 0) is 11.3 Å². The molecule has 0 fully saturated rings. The molecular weight excluding hydrogens is 384 g/mol. The quantitative estimate of drug-likeness (QED) is 0.690. The second kappa shape index (κ2) is 7.48. The molecule has 0 saturated heterocycles. The number of carbonyl (C=O) groups excluding carboxylic acids is 2. The summed E-state index contributed by atoms with van der Waals surface area (Å²) in [6.45, 7) is 0.273. The van der Waals surface area contributed by atoms with E-state index in [2.05, 4.69) is 31.2 Å². The lowest BCUT2D eigenvalue weighted by Gasteiger charge is -2.16. The second-order valence-corrected chi connectivity index (χ2v) is 6.47. The number of hydrogen-bond acceptors (Lipinski definition) is 3. The Labute approximate surface area is 153 Å². The topological polar surface area (TPSA) is 78.1 Å². The van der Waals surface area contributed by atoms with E-state index in [1.165, 1.54) is 4.90 Å². The molecule has 0 atom stereocenters. The number of fused-ring (bicyclic) bond motifs is 1. The smallest absolute Gasteiger partial charge is 0.252 e. The molecule has 0 aliphatic carbocycles. The van der Waals surface area contributed by atoms with E-state index in [1.807, 2.05) is 30.3 Å². The normalized spacial score (nSPS) is 10.6. The third kappa shape index (κ3) is 4.06. The molecule has 0 aliphatic heterocycles. The highest BCUT2D eigenvalue weighted by molar-refractivity contribution is 9.10. The van der Waals surface area contributed by atoms with Crippen LogP contribution in [0.2, 0.25) is 0 Å². The summed E-state index contributed by atoms with van der Waals surface area (Å²) in [5.41, 5.74) is 2.29. The van der Waals surface area contributed by atoms with Crippen LogP contribution in [0.3, 0.4) is 0 Å². The zero-order valence-corrected chi connectivity index (χ0v) is 15.2. The largest absolute Gasteiger partial charge is 0.343 e. The van der Waals surface area contributed by atoms with Gasteiger partial charge in [0, 0.05) is 11.5 Å². The maximum absolute atomic E-state index is 12.2. The molecule has 0 radical (unpaired) electrons. The highest BCUT2D eigenvalue weighted by atomic mass is 79.9. The van der Waals surface area contributed by atoms with Crippen molar-refractivity contribution in [2.45, 2.75) is 6.54 Å². The van der Waals surface area contributed by atoms with Crippen LogP contribution in [0.5, 0.6) is 0 Å². The van der Waals surface area contributed by atoms with Gasteiger partial charge in [0.1, 0.15) is 5.82 Å². The molecule has 1 heterocycles. The Hall–Kier alpha value is -2.67. The van der Waals surface area contributed by atoms with Crippen LogP contribution in [0.15, 0.2) is 53.0 Å². The van der Waals surface area contributed by atoms with Crippen molar-refractivity contribution in [1.29, 1.82) is 0 Å². The molecule has 2 aromatic carbocycles. The Morgan fingerprint density at radius 1 is 1.16 bits per heavy atom. The van der Waals surface area contributed by atoms with Gasteiger partial charge >= 0.3 is 0 Å². The van der Waals surface area contributed by atoms with E-state index in [-0.39, 0.29) is 18.4 Å². The number of amides is 2. The van der Waals surface area contributed by atoms with Crippen LogP contribution in [0, 0.1) is 0 Å². The molecule has 25 heavy (non-hydrogen) atoms.